The van der Waals surface area contributed by atoms with Crippen molar-refractivity contribution in [3.8, 4) is 0 Å². The Hall–Kier alpha value is -2.69. The first kappa shape index (κ1) is 23.0. The first-order valence-electron chi connectivity index (χ1n) is 9.18. The Balaban J connectivity index is 1.64. The molecular formula is C20H19N5O3S3. The van der Waals surface area contributed by atoms with E-state index in [-0.39, 0.29) is 24.7 Å². The molecule has 0 bridgehead atoms. The molecule has 0 atom stereocenters. The summed E-state index contributed by atoms with van der Waals surface area (Å²) in [5.74, 6) is -0.549. The smallest absolute Gasteiger partial charge is 0.266 e. The molecule has 0 aromatic heterocycles. The van der Waals surface area contributed by atoms with E-state index in [1.165, 1.54) is 16.3 Å². The Morgan fingerprint density at radius 1 is 1.19 bits per heavy atom. The van der Waals surface area contributed by atoms with Crippen LogP contribution in [0, 0.1) is 0 Å². The lowest BCUT2D eigenvalue weighted by atomic mass is 10.2. The second-order valence-corrected chi connectivity index (χ2v) is 10.5. The first-order valence-corrected chi connectivity index (χ1v) is 12.0. The Labute approximate surface area is 190 Å². The van der Waals surface area contributed by atoms with Crippen LogP contribution in [0.1, 0.15) is 11.1 Å². The molecule has 1 amide bonds. The third-order valence-corrected chi connectivity index (χ3v) is 7.68. The molecule has 3 rings (SSSR count). The minimum absolute atomic E-state index is 0.0146. The summed E-state index contributed by atoms with van der Waals surface area (Å²) in [5.41, 5.74) is 10.6. The molecule has 0 saturated carbocycles. The van der Waals surface area contributed by atoms with Crippen LogP contribution in [-0.2, 0) is 21.4 Å². The van der Waals surface area contributed by atoms with Gasteiger partial charge in [-0.15, -0.1) is 0 Å². The van der Waals surface area contributed by atoms with E-state index in [0.717, 1.165) is 22.9 Å². The zero-order valence-electron chi connectivity index (χ0n) is 16.6. The fourth-order valence-corrected chi connectivity index (χ4v) is 5.21. The van der Waals surface area contributed by atoms with Gasteiger partial charge in [0.25, 0.3) is 5.91 Å². The number of thiocarbonyl (C=S) groups is 1. The number of rotatable bonds is 8. The molecule has 1 fully saturated rings. The van der Waals surface area contributed by atoms with Gasteiger partial charge in [-0.25, -0.2) is 12.7 Å². The average molecular weight is 474 g/mol. The number of hydrogen-bond donors (Lipinski definition) is 0. The largest absolute Gasteiger partial charge is 0.292 e. The average Bonchev–Trinajstić information content (AvgIpc) is 3.01. The zero-order chi connectivity index (χ0) is 22.4. The van der Waals surface area contributed by atoms with Crippen LogP contribution in [0.25, 0.3) is 16.5 Å². The maximum Gasteiger partial charge on any atom is 0.266 e. The Morgan fingerprint density at radius 2 is 1.87 bits per heavy atom. The molecule has 8 nitrogen and oxygen atoms in total. The minimum atomic E-state index is -3.57. The number of nitrogens with zero attached hydrogens (tertiary/aromatic N) is 5. The number of amides is 1. The van der Waals surface area contributed by atoms with Gasteiger partial charge in [0.15, 0.2) is 0 Å². The highest BCUT2D eigenvalue weighted by atomic mass is 32.2. The Bertz CT molecular complexity index is 1160. The van der Waals surface area contributed by atoms with Crippen molar-refractivity contribution in [3.63, 3.8) is 0 Å². The number of thioether (sulfide) groups is 1. The van der Waals surface area contributed by atoms with Gasteiger partial charge in [-0.3, -0.25) is 9.69 Å². The van der Waals surface area contributed by atoms with Gasteiger partial charge in [-0.2, -0.15) is 0 Å². The van der Waals surface area contributed by atoms with Crippen molar-refractivity contribution < 1.29 is 13.2 Å². The molecule has 1 heterocycles. The predicted molar refractivity (Wildman–Crippen MR) is 127 cm³/mol. The van der Waals surface area contributed by atoms with Crippen LogP contribution in [0.3, 0.4) is 0 Å². The molecule has 0 spiro atoms. The molecule has 1 aliphatic rings. The third-order valence-electron chi connectivity index (χ3n) is 4.52. The lowest BCUT2D eigenvalue weighted by molar-refractivity contribution is -0.121. The molecule has 160 valence electrons. The van der Waals surface area contributed by atoms with Crippen LogP contribution in [0.4, 0.5) is 5.69 Å². The molecule has 0 N–H and O–H groups in total. The van der Waals surface area contributed by atoms with E-state index < -0.39 is 10.0 Å². The van der Waals surface area contributed by atoms with Gasteiger partial charge in [0, 0.05) is 30.7 Å². The highest BCUT2D eigenvalue weighted by Gasteiger charge is 2.33. The summed E-state index contributed by atoms with van der Waals surface area (Å²) < 4.78 is 26.9. The van der Waals surface area contributed by atoms with E-state index in [2.05, 4.69) is 10.0 Å². The van der Waals surface area contributed by atoms with Crippen molar-refractivity contribution in [2.45, 2.75) is 6.54 Å². The van der Waals surface area contributed by atoms with Crippen molar-refractivity contribution >= 4 is 56.0 Å². The minimum Gasteiger partial charge on any atom is -0.292 e. The highest BCUT2D eigenvalue weighted by Crippen LogP contribution is 2.32. The number of sulfonamides is 1. The molecule has 0 unspecified atom stereocenters. The zero-order valence-corrected chi connectivity index (χ0v) is 19.0. The molecule has 2 aromatic rings. The van der Waals surface area contributed by atoms with E-state index in [4.69, 9.17) is 17.7 Å². The fourth-order valence-electron chi connectivity index (χ4n) is 2.83. The van der Waals surface area contributed by atoms with Crippen LogP contribution in [-0.4, -0.2) is 47.2 Å². The van der Waals surface area contributed by atoms with Gasteiger partial charge in [0.1, 0.15) is 4.32 Å². The third kappa shape index (κ3) is 5.93. The quantitative estimate of drug-likeness (QED) is 0.187. The summed E-state index contributed by atoms with van der Waals surface area (Å²) in [7, 11) is -2.05. The van der Waals surface area contributed by atoms with Crippen LogP contribution >= 0.6 is 24.0 Å². The fraction of sp³-hybridized carbons (Fsp3) is 0.200. The van der Waals surface area contributed by atoms with Crippen LogP contribution in [0.15, 0.2) is 64.6 Å². The molecule has 1 saturated heterocycles. The number of carbonyl (C=O) groups excluding carboxylic acids is 1. The highest BCUT2D eigenvalue weighted by molar-refractivity contribution is 8.26. The van der Waals surface area contributed by atoms with Gasteiger partial charge < -0.3 is 0 Å². The summed E-state index contributed by atoms with van der Waals surface area (Å²) in [6, 6.07) is 16.0. The van der Waals surface area contributed by atoms with Crippen molar-refractivity contribution in [1.82, 2.24) is 9.21 Å². The Morgan fingerprint density at radius 3 is 2.52 bits per heavy atom. The van der Waals surface area contributed by atoms with E-state index in [9.17, 15) is 13.2 Å². The number of benzene rings is 2. The summed E-state index contributed by atoms with van der Waals surface area (Å²) >= 11 is 6.42. The van der Waals surface area contributed by atoms with Gasteiger partial charge >= 0.3 is 0 Å². The van der Waals surface area contributed by atoms with Crippen LogP contribution in [0.5, 0.6) is 0 Å². The van der Waals surface area contributed by atoms with E-state index in [1.54, 1.807) is 30.3 Å². The SMILES string of the molecule is CN(Cc1ccccc1)S(=O)(=O)CCN1C(=O)C(=Cc2ccc(N=[N+]=[N-])cc2)SC1=S. The molecule has 0 aliphatic carbocycles. The molecule has 1 aliphatic heterocycles. The second-order valence-electron chi connectivity index (χ2n) is 6.67. The van der Waals surface area contributed by atoms with Gasteiger partial charge in [-0.1, -0.05) is 83.7 Å². The molecule has 31 heavy (non-hydrogen) atoms. The maximum atomic E-state index is 12.7. The summed E-state index contributed by atoms with van der Waals surface area (Å²) in [4.78, 5) is 17.2. The van der Waals surface area contributed by atoms with E-state index in [1.807, 2.05) is 30.3 Å². The predicted octanol–water partition coefficient (Wildman–Crippen LogP) is 4.29. The van der Waals surface area contributed by atoms with Crippen LogP contribution in [0.2, 0.25) is 0 Å². The van der Waals surface area contributed by atoms with Crippen molar-refractivity contribution in [2.24, 2.45) is 5.11 Å². The van der Waals surface area contributed by atoms with Crippen molar-refractivity contribution in [2.75, 3.05) is 19.3 Å². The first-order chi connectivity index (χ1) is 14.8. The number of azide groups is 1. The topological polar surface area (TPSA) is 106 Å². The lowest BCUT2D eigenvalue weighted by Crippen LogP contribution is -2.37. The Kier molecular flexibility index (Phi) is 7.47. The summed E-state index contributed by atoms with van der Waals surface area (Å²) in [6.45, 7) is 0.243. The van der Waals surface area contributed by atoms with Crippen LogP contribution < -0.4 is 0 Å². The lowest BCUT2D eigenvalue weighted by Gasteiger charge is -2.20. The van der Waals surface area contributed by atoms with Gasteiger partial charge in [-0.05, 0) is 22.7 Å². The molecule has 0 radical (unpaired) electrons. The summed E-state index contributed by atoms with van der Waals surface area (Å²) in [5, 5.41) is 3.50. The standard InChI is InChI=1S/C20H19N5O3S3/c1-24(14-16-5-3-2-4-6-16)31(27,28)12-11-25-19(26)18(30-20(25)29)13-15-7-9-17(10-8-15)22-23-21/h2-10,13H,11-12,14H2,1H3. The number of hydrogen-bond acceptors (Lipinski definition) is 6. The number of carbonyl (C=O) groups is 1. The molecule has 11 heteroatoms. The maximum absolute atomic E-state index is 12.7. The van der Waals surface area contributed by atoms with Crippen molar-refractivity contribution in [1.29, 1.82) is 0 Å². The molecular weight excluding hydrogens is 454 g/mol. The van der Waals surface area contributed by atoms with Crippen molar-refractivity contribution in [3.05, 3.63) is 81.1 Å². The van der Waals surface area contributed by atoms with E-state index in [0.29, 0.717) is 14.9 Å². The molecule has 2 aromatic carbocycles. The van der Waals surface area contributed by atoms with Gasteiger partial charge in [0.2, 0.25) is 10.0 Å². The second kappa shape index (κ2) is 10.1. The summed E-state index contributed by atoms with van der Waals surface area (Å²) in [6.07, 6.45) is 1.68. The van der Waals surface area contributed by atoms with Gasteiger partial charge in [0.05, 0.1) is 10.7 Å². The normalized spacial score (nSPS) is 15.5. The van der Waals surface area contributed by atoms with E-state index >= 15 is 0 Å². The monoisotopic (exact) mass is 473 g/mol.